The van der Waals surface area contributed by atoms with Gasteiger partial charge in [0.1, 0.15) is 11.6 Å². The van der Waals surface area contributed by atoms with Crippen LogP contribution in [0.15, 0.2) is 6.07 Å². The van der Waals surface area contributed by atoms with Crippen LogP contribution in [-0.4, -0.2) is 34.2 Å². The number of nitrogens with zero attached hydrogens (tertiary/aromatic N) is 2. The van der Waals surface area contributed by atoms with Crippen molar-refractivity contribution in [3.05, 3.63) is 11.9 Å². The summed E-state index contributed by atoms with van der Waals surface area (Å²) < 4.78 is 5.31. The molecule has 0 aliphatic carbocycles. The summed E-state index contributed by atoms with van der Waals surface area (Å²) in [5.74, 6) is 2.56. The molecule has 0 spiro atoms. The molecule has 1 aromatic heterocycles. The van der Waals surface area contributed by atoms with E-state index in [9.17, 15) is 0 Å². The average molecular weight is 306 g/mol. The summed E-state index contributed by atoms with van der Waals surface area (Å²) in [6.45, 7) is 13.2. The number of hydrogen-bond donors (Lipinski definition) is 2. The van der Waals surface area contributed by atoms with E-state index < -0.39 is 0 Å². The normalized spacial score (nSPS) is 20.9. The summed E-state index contributed by atoms with van der Waals surface area (Å²) in [5.41, 5.74) is 0.217. The first kappa shape index (κ1) is 17.0. The summed E-state index contributed by atoms with van der Waals surface area (Å²) in [5, 5.41) is 7.29. The molecule has 124 valence electrons. The van der Waals surface area contributed by atoms with Crippen molar-refractivity contribution in [1.29, 1.82) is 0 Å². The lowest BCUT2D eigenvalue weighted by molar-refractivity contribution is 0.170. The zero-order valence-corrected chi connectivity index (χ0v) is 14.9. The van der Waals surface area contributed by atoms with Crippen molar-refractivity contribution >= 4 is 5.82 Å². The molecule has 5 nitrogen and oxygen atoms in total. The smallest absolute Gasteiger partial charge is 0.218 e. The van der Waals surface area contributed by atoms with Crippen molar-refractivity contribution in [2.24, 2.45) is 0 Å². The van der Waals surface area contributed by atoms with E-state index >= 15 is 0 Å². The molecule has 0 aromatic carbocycles. The second-order valence-electron chi connectivity index (χ2n) is 7.95. The van der Waals surface area contributed by atoms with Gasteiger partial charge in [-0.1, -0.05) is 13.8 Å². The van der Waals surface area contributed by atoms with Crippen LogP contribution in [0.2, 0.25) is 0 Å². The second-order valence-corrected chi connectivity index (χ2v) is 7.95. The maximum atomic E-state index is 5.31. The van der Waals surface area contributed by atoms with Gasteiger partial charge in [-0.3, -0.25) is 0 Å². The molecule has 1 aliphatic rings. The van der Waals surface area contributed by atoms with Crippen LogP contribution >= 0.6 is 0 Å². The fraction of sp³-hybridized carbons (Fsp3) is 0.765. The molecule has 22 heavy (non-hydrogen) atoms. The van der Waals surface area contributed by atoms with Gasteiger partial charge < -0.3 is 15.4 Å². The standard InChI is InChI=1S/C17H30N4O/c1-11(2)15-19-13(8-14(20-15)22-7)18-12-9-16(3,4)21-17(5,6)10-12/h8,11-12,21H,9-10H2,1-7H3,(H,18,19,20). The van der Waals surface area contributed by atoms with Gasteiger partial charge in [0.05, 0.1) is 7.11 Å². The number of methoxy groups -OCH3 is 1. The van der Waals surface area contributed by atoms with E-state index in [1.54, 1.807) is 7.11 Å². The molecule has 0 atom stereocenters. The maximum absolute atomic E-state index is 5.31. The minimum Gasteiger partial charge on any atom is -0.481 e. The van der Waals surface area contributed by atoms with E-state index in [4.69, 9.17) is 4.74 Å². The van der Waals surface area contributed by atoms with Crippen LogP contribution in [0.4, 0.5) is 5.82 Å². The Morgan fingerprint density at radius 1 is 1.18 bits per heavy atom. The molecule has 2 heterocycles. The first-order chi connectivity index (χ1) is 10.1. The highest BCUT2D eigenvalue weighted by molar-refractivity contribution is 5.40. The fourth-order valence-electron chi connectivity index (χ4n) is 3.51. The van der Waals surface area contributed by atoms with Gasteiger partial charge >= 0.3 is 0 Å². The van der Waals surface area contributed by atoms with Crippen molar-refractivity contribution in [1.82, 2.24) is 15.3 Å². The van der Waals surface area contributed by atoms with E-state index in [2.05, 4.69) is 62.1 Å². The SMILES string of the molecule is COc1cc(NC2CC(C)(C)NC(C)(C)C2)nc(C(C)C)n1. The highest BCUT2D eigenvalue weighted by atomic mass is 16.5. The van der Waals surface area contributed by atoms with Gasteiger partial charge in [0, 0.05) is 29.1 Å². The molecule has 2 rings (SSSR count). The van der Waals surface area contributed by atoms with Crippen LogP contribution in [0.1, 0.15) is 66.1 Å². The van der Waals surface area contributed by atoms with Crippen molar-refractivity contribution in [3.63, 3.8) is 0 Å². The predicted molar refractivity (Wildman–Crippen MR) is 90.6 cm³/mol. The Labute approximate surface area is 134 Å². The molecule has 0 radical (unpaired) electrons. The summed E-state index contributed by atoms with van der Waals surface area (Å²) in [4.78, 5) is 9.06. The number of ether oxygens (including phenoxy) is 1. The summed E-state index contributed by atoms with van der Waals surface area (Å²) in [6.07, 6.45) is 2.11. The van der Waals surface area contributed by atoms with E-state index in [-0.39, 0.29) is 17.0 Å². The Hall–Kier alpha value is -1.36. The first-order valence-corrected chi connectivity index (χ1v) is 8.09. The summed E-state index contributed by atoms with van der Waals surface area (Å²) in [6, 6.07) is 2.26. The zero-order valence-electron chi connectivity index (χ0n) is 14.9. The molecule has 5 heteroatoms. The Morgan fingerprint density at radius 3 is 2.27 bits per heavy atom. The zero-order chi connectivity index (χ0) is 16.5. The third-order valence-electron chi connectivity index (χ3n) is 3.99. The quantitative estimate of drug-likeness (QED) is 0.893. The molecule has 1 saturated heterocycles. The van der Waals surface area contributed by atoms with Gasteiger partial charge in [0.2, 0.25) is 5.88 Å². The Morgan fingerprint density at radius 2 is 1.77 bits per heavy atom. The van der Waals surface area contributed by atoms with Crippen LogP contribution < -0.4 is 15.4 Å². The van der Waals surface area contributed by atoms with E-state index in [0.29, 0.717) is 11.9 Å². The molecular formula is C17H30N4O. The lowest BCUT2D eigenvalue weighted by Crippen LogP contribution is -2.60. The van der Waals surface area contributed by atoms with E-state index in [1.807, 2.05) is 6.07 Å². The van der Waals surface area contributed by atoms with Gasteiger partial charge in [-0.15, -0.1) is 0 Å². The van der Waals surface area contributed by atoms with Gasteiger partial charge in [-0.05, 0) is 40.5 Å². The molecule has 1 aromatic rings. The lowest BCUT2D eigenvalue weighted by atomic mass is 9.79. The number of anilines is 1. The number of piperidine rings is 1. The monoisotopic (exact) mass is 306 g/mol. The highest BCUT2D eigenvalue weighted by Crippen LogP contribution is 2.30. The molecule has 0 saturated carbocycles. The topological polar surface area (TPSA) is 59.1 Å². The first-order valence-electron chi connectivity index (χ1n) is 8.09. The largest absolute Gasteiger partial charge is 0.481 e. The van der Waals surface area contributed by atoms with Gasteiger partial charge in [-0.25, -0.2) is 4.98 Å². The van der Waals surface area contributed by atoms with Crippen molar-refractivity contribution < 1.29 is 4.74 Å². The molecule has 1 aliphatic heterocycles. The van der Waals surface area contributed by atoms with Crippen molar-refractivity contribution in [2.45, 2.75) is 77.4 Å². The number of nitrogens with one attached hydrogen (secondary N) is 2. The van der Waals surface area contributed by atoms with Crippen LogP contribution in [0, 0.1) is 0 Å². The third kappa shape index (κ3) is 4.32. The van der Waals surface area contributed by atoms with Crippen LogP contribution in [0.3, 0.4) is 0 Å². The van der Waals surface area contributed by atoms with Gasteiger partial charge in [0.25, 0.3) is 0 Å². The molecule has 0 bridgehead atoms. The van der Waals surface area contributed by atoms with Crippen LogP contribution in [0.25, 0.3) is 0 Å². The van der Waals surface area contributed by atoms with Crippen molar-refractivity contribution in [3.8, 4) is 5.88 Å². The number of aromatic nitrogens is 2. The van der Waals surface area contributed by atoms with Crippen LogP contribution in [-0.2, 0) is 0 Å². The third-order valence-corrected chi connectivity index (χ3v) is 3.99. The van der Waals surface area contributed by atoms with Crippen molar-refractivity contribution in [2.75, 3.05) is 12.4 Å². The maximum Gasteiger partial charge on any atom is 0.218 e. The molecule has 0 amide bonds. The second kappa shape index (κ2) is 6.03. The Kier molecular flexibility index (Phi) is 4.66. The average Bonchev–Trinajstić information content (AvgIpc) is 2.34. The Balaban J connectivity index is 2.21. The molecule has 2 N–H and O–H groups in total. The summed E-state index contributed by atoms with van der Waals surface area (Å²) in [7, 11) is 1.65. The Bertz CT molecular complexity index is 509. The van der Waals surface area contributed by atoms with Gasteiger partial charge in [-0.2, -0.15) is 4.98 Å². The van der Waals surface area contributed by atoms with E-state index in [0.717, 1.165) is 24.5 Å². The predicted octanol–water partition coefficient (Wildman–Crippen LogP) is 3.33. The highest BCUT2D eigenvalue weighted by Gasteiger charge is 2.37. The van der Waals surface area contributed by atoms with E-state index in [1.165, 1.54) is 0 Å². The summed E-state index contributed by atoms with van der Waals surface area (Å²) >= 11 is 0. The lowest BCUT2D eigenvalue weighted by Gasteiger charge is -2.46. The number of hydrogen-bond acceptors (Lipinski definition) is 5. The minimum absolute atomic E-state index is 0.109. The molecule has 0 unspecified atom stereocenters. The van der Waals surface area contributed by atoms with Crippen LogP contribution in [0.5, 0.6) is 5.88 Å². The fourth-order valence-corrected chi connectivity index (χ4v) is 3.51. The number of rotatable bonds is 4. The molecule has 1 fully saturated rings. The van der Waals surface area contributed by atoms with Gasteiger partial charge in [0.15, 0.2) is 0 Å². The molecular weight excluding hydrogens is 276 g/mol. The minimum atomic E-state index is 0.109.